The minimum atomic E-state index is -4.84. The van der Waals surface area contributed by atoms with Crippen molar-refractivity contribution in [2.75, 3.05) is 24.7 Å². The number of anilines is 3. The average Bonchev–Trinajstić information content (AvgIpc) is 3.11. The Morgan fingerprint density at radius 3 is 2.33 bits per heavy atom. The van der Waals surface area contributed by atoms with E-state index in [4.69, 9.17) is 10.5 Å². The molecule has 5 rings (SSSR count). The summed E-state index contributed by atoms with van der Waals surface area (Å²) in [5.41, 5.74) is 6.56. The maximum Gasteiger partial charge on any atom is 0.296 e. The fraction of sp³-hybridized carbons (Fsp3) is 0.250. The van der Waals surface area contributed by atoms with Crippen molar-refractivity contribution in [2.45, 2.75) is 37.1 Å². The maximum atomic E-state index is 13.6. The van der Waals surface area contributed by atoms with E-state index in [1.165, 1.54) is 19.2 Å². The number of nitrogens with one attached hydrogen (secondary N) is 1. The van der Waals surface area contributed by atoms with Crippen LogP contribution in [0.2, 0.25) is 0 Å². The lowest BCUT2D eigenvalue weighted by molar-refractivity contribution is -0.131. The molecule has 11 heteroatoms. The summed E-state index contributed by atoms with van der Waals surface area (Å²) in [6, 6.07) is 12.3. The molecule has 0 unspecified atom stereocenters. The zero-order chi connectivity index (χ0) is 27.9. The summed E-state index contributed by atoms with van der Waals surface area (Å²) in [7, 11) is -3.32. The molecule has 202 valence electrons. The van der Waals surface area contributed by atoms with Crippen LogP contribution in [-0.2, 0) is 21.5 Å². The van der Waals surface area contributed by atoms with E-state index in [1.807, 2.05) is 0 Å². The highest BCUT2D eigenvalue weighted by Gasteiger charge is 2.36. The number of carbonyl (C=O) groups excluding carboxylic acids is 3. The number of ketones is 2. The molecule has 0 bridgehead atoms. The second-order valence-electron chi connectivity index (χ2n) is 9.54. The Morgan fingerprint density at radius 2 is 1.67 bits per heavy atom. The van der Waals surface area contributed by atoms with Crippen molar-refractivity contribution < 1.29 is 32.1 Å². The fourth-order valence-electron chi connectivity index (χ4n) is 5.15. The standard InChI is InChI=1S/C28H27N3O7S/c1-38-21-11-10-17(13-16(21)15-31-12-6-2-3-9-23(31)32)30-20-14-22(39(35,36)37)26(29)25-24(20)27(33)18-7-4-5-8-19(18)28(25)34/h4-5,7-8,10-11,13-14,30H,2-3,6,9,12,15,29H2,1H3,(H,35,36,37). The van der Waals surface area contributed by atoms with Crippen LogP contribution in [0, 0.1) is 0 Å². The van der Waals surface area contributed by atoms with Gasteiger partial charge in [0, 0.05) is 41.9 Å². The Hall–Kier alpha value is -4.22. The number of nitrogen functional groups attached to an aromatic ring is 1. The highest BCUT2D eigenvalue weighted by Crippen LogP contribution is 2.40. The predicted octanol–water partition coefficient (Wildman–Crippen LogP) is 3.95. The van der Waals surface area contributed by atoms with Gasteiger partial charge in [-0.25, -0.2) is 0 Å². The molecule has 1 aliphatic heterocycles. The van der Waals surface area contributed by atoms with Gasteiger partial charge in [0.05, 0.1) is 29.6 Å². The van der Waals surface area contributed by atoms with E-state index < -0.39 is 32.3 Å². The molecular weight excluding hydrogens is 522 g/mol. The Labute approximate surface area is 225 Å². The third-order valence-electron chi connectivity index (χ3n) is 7.07. The normalized spacial score (nSPS) is 15.4. The van der Waals surface area contributed by atoms with Crippen LogP contribution < -0.4 is 15.8 Å². The molecule has 1 aliphatic carbocycles. The average molecular weight is 550 g/mol. The molecule has 3 aromatic rings. The van der Waals surface area contributed by atoms with Gasteiger partial charge in [0.2, 0.25) is 5.91 Å². The van der Waals surface area contributed by atoms with Gasteiger partial charge in [-0.05, 0) is 37.1 Å². The van der Waals surface area contributed by atoms with Gasteiger partial charge in [-0.2, -0.15) is 8.42 Å². The van der Waals surface area contributed by atoms with E-state index in [9.17, 15) is 27.4 Å². The Bertz CT molecular complexity index is 1630. The largest absolute Gasteiger partial charge is 0.496 e. The molecule has 0 spiro atoms. The monoisotopic (exact) mass is 549 g/mol. The molecule has 1 amide bonds. The number of rotatable bonds is 6. The summed E-state index contributed by atoms with van der Waals surface area (Å²) < 4.78 is 39.8. The molecule has 0 saturated carbocycles. The molecule has 0 atom stereocenters. The summed E-state index contributed by atoms with van der Waals surface area (Å²) >= 11 is 0. The van der Waals surface area contributed by atoms with E-state index >= 15 is 0 Å². The number of benzene rings is 3. The van der Waals surface area contributed by atoms with Gasteiger partial charge in [0.15, 0.2) is 11.6 Å². The quantitative estimate of drug-likeness (QED) is 0.239. The molecule has 10 nitrogen and oxygen atoms in total. The van der Waals surface area contributed by atoms with E-state index in [1.54, 1.807) is 35.2 Å². The summed E-state index contributed by atoms with van der Waals surface area (Å²) in [4.78, 5) is 40.6. The van der Waals surface area contributed by atoms with E-state index in [-0.39, 0.29) is 33.8 Å². The number of amides is 1. The third kappa shape index (κ3) is 4.86. The molecule has 2 aliphatic rings. The van der Waals surface area contributed by atoms with Gasteiger partial charge in [-0.1, -0.05) is 30.7 Å². The first-order valence-corrected chi connectivity index (χ1v) is 13.9. The number of methoxy groups -OCH3 is 1. The van der Waals surface area contributed by atoms with Gasteiger partial charge >= 0.3 is 0 Å². The number of hydrogen-bond donors (Lipinski definition) is 3. The molecule has 1 heterocycles. The minimum Gasteiger partial charge on any atom is -0.496 e. The number of fused-ring (bicyclic) bond motifs is 2. The number of ether oxygens (including phenoxy) is 1. The lowest BCUT2D eigenvalue weighted by Crippen LogP contribution is -2.29. The van der Waals surface area contributed by atoms with Gasteiger partial charge < -0.3 is 20.7 Å². The van der Waals surface area contributed by atoms with Crippen LogP contribution in [0.5, 0.6) is 5.75 Å². The molecule has 1 fully saturated rings. The van der Waals surface area contributed by atoms with Gasteiger partial charge in [0.25, 0.3) is 10.1 Å². The van der Waals surface area contributed by atoms with E-state index in [0.29, 0.717) is 36.5 Å². The third-order valence-corrected chi connectivity index (χ3v) is 7.96. The molecule has 0 aromatic heterocycles. The molecule has 3 aromatic carbocycles. The zero-order valence-electron chi connectivity index (χ0n) is 21.2. The molecule has 39 heavy (non-hydrogen) atoms. The summed E-state index contributed by atoms with van der Waals surface area (Å²) in [5, 5.41) is 3.04. The second-order valence-corrected chi connectivity index (χ2v) is 10.9. The topological polar surface area (TPSA) is 156 Å². The van der Waals surface area contributed by atoms with Crippen LogP contribution in [0.3, 0.4) is 0 Å². The van der Waals surface area contributed by atoms with Gasteiger partial charge in [-0.3, -0.25) is 18.9 Å². The SMILES string of the molecule is COc1ccc(Nc2cc(S(=O)(=O)O)c(N)c3c2C(=O)c2ccccc2C3=O)cc1CN1CCCCCC1=O. The number of carbonyl (C=O) groups is 3. The predicted molar refractivity (Wildman–Crippen MR) is 144 cm³/mol. The van der Waals surface area contributed by atoms with Gasteiger partial charge in [0.1, 0.15) is 10.6 Å². The lowest BCUT2D eigenvalue weighted by atomic mass is 9.82. The van der Waals surface area contributed by atoms with Crippen molar-refractivity contribution >= 4 is 44.7 Å². The highest BCUT2D eigenvalue weighted by atomic mass is 32.2. The van der Waals surface area contributed by atoms with Crippen LogP contribution in [0.4, 0.5) is 17.1 Å². The highest BCUT2D eigenvalue weighted by molar-refractivity contribution is 7.86. The first kappa shape index (κ1) is 26.4. The molecule has 0 radical (unpaired) electrons. The zero-order valence-corrected chi connectivity index (χ0v) is 22.0. The Morgan fingerprint density at radius 1 is 0.974 bits per heavy atom. The van der Waals surface area contributed by atoms with Crippen molar-refractivity contribution in [2.24, 2.45) is 0 Å². The van der Waals surface area contributed by atoms with Crippen molar-refractivity contribution in [1.82, 2.24) is 4.90 Å². The maximum absolute atomic E-state index is 13.6. The first-order valence-electron chi connectivity index (χ1n) is 12.4. The van der Waals surface area contributed by atoms with Crippen LogP contribution in [0.25, 0.3) is 0 Å². The number of nitrogens with zero attached hydrogens (tertiary/aromatic N) is 1. The van der Waals surface area contributed by atoms with E-state index in [2.05, 4.69) is 5.32 Å². The van der Waals surface area contributed by atoms with Crippen molar-refractivity contribution in [3.05, 3.63) is 76.3 Å². The van der Waals surface area contributed by atoms with Crippen LogP contribution in [0.1, 0.15) is 63.1 Å². The summed E-state index contributed by atoms with van der Waals surface area (Å²) in [5.74, 6) is -0.529. The number of nitrogens with two attached hydrogens (primary N) is 1. The van der Waals surface area contributed by atoms with Crippen molar-refractivity contribution in [3.8, 4) is 5.75 Å². The Kier molecular flexibility index (Phi) is 6.87. The van der Waals surface area contributed by atoms with Crippen molar-refractivity contribution in [3.63, 3.8) is 0 Å². The minimum absolute atomic E-state index is 0.0124. The van der Waals surface area contributed by atoms with Crippen LogP contribution in [-0.4, -0.2) is 49.0 Å². The smallest absolute Gasteiger partial charge is 0.296 e. The molecular formula is C28H27N3O7S. The second kappa shape index (κ2) is 10.2. The van der Waals surface area contributed by atoms with Crippen LogP contribution >= 0.6 is 0 Å². The summed E-state index contributed by atoms with van der Waals surface area (Å²) in [6.07, 6.45) is 3.21. The summed E-state index contributed by atoms with van der Waals surface area (Å²) in [6.45, 7) is 0.928. The Balaban J connectivity index is 1.61. The molecule has 4 N–H and O–H groups in total. The number of hydrogen-bond acceptors (Lipinski definition) is 8. The lowest BCUT2D eigenvalue weighted by Gasteiger charge is -2.24. The van der Waals surface area contributed by atoms with Crippen molar-refractivity contribution in [1.29, 1.82) is 0 Å². The fourth-order valence-corrected chi connectivity index (χ4v) is 5.80. The van der Waals surface area contributed by atoms with Crippen LogP contribution in [0.15, 0.2) is 53.4 Å². The van der Waals surface area contributed by atoms with E-state index in [0.717, 1.165) is 25.3 Å². The first-order chi connectivity index (χ1) is 18.6. The van der Waals surface area contributed by atoms with Gasteiger partial charge in [-0.15, -0.1) is 0 Å². The number of likely N-dealkylation sites (tertiary alicyclic amines) is 1. The molecule has 1 saturated heterocycles.